The van der Waals surface area contributed by atoms with Gasteiger partial charge in [0, 0.05) is 32.5 Å². The molecule has 0 atom stereocenters. The quantitative estimate of drug-likeness (QED) is 0.763. The summed E-state index contributed by atoms with van der Waals surface area (Å²) in [5.41, 5.74) is 0. The summed E-state index contributed by atoms with van der Waals surface area (Å²) >= 11 is 0. The molecule has 5 heteroatoms. The van der Waals surface area contributed by atoms with E-state index in [0.717, 1.165) is 32.5 Å². The molecule has 17 heavy (non-hydrogen) atoms. The Balaban J connectivity index is 2.19. The van der Waals surface area contributed by atoms with Crippen molar-refractivity contribution in [3.63, 3.8) is 0 Å². The topological polar surface area (TPSA) is 66.8 Å². The fraction of sp³-hybridized carbons (Fsp3) is 0.833. The number of carboxylic acids is 1. The fourth-order valence-corrected chi connectivity index (χ4v) is 2.06. The summed E-state index contributed by atoms with van der Waals surface area (Å²) in [6.45, 7) is 4.16. The Morgan fingerprint density at radius 3 is 2.47 bits per heavy atom. The molecule has 0 unspecified atom stereocenters. The number of carbonyl (C=O) groups is 2. The van der Waals surface area contributed by atoms with E-state index in [0.29, 0.717) is 12.8 Å². The SMILES string of the molecule is CCOC1CCN(C(=O)CCCC(=O)O)CC1. The van der Waals surface area contributed by atoms with Crippen molar-refractivity contribution in [2.75, 3.05) is 19.7 Å². The van der Waals surface area contributed by atoms with Gasteiger partial charge < -0.3 is 14.7 Å². The molecular formula is C12H21NO4. The lowest BCUT2D eigenvalue weighted by atomic mass is 10.1. The molecule has 98 valence electrons. The van der Waals surface area contributed by atoms with Gasteiger partial charge in [0.1, 0.15) is 0 Å². The van der Waals surface area contributed by atoms with Crippen LogP contribution in [0.15, 0.2) is 0 Å². The van der Waals surface area contributed by atoms with E-state index >= 15 is 0 Å². The van der Waals surface area contributed by atoms with Gasteiger partial charge in [0.15, 0.2) is 0 Å². The first-order valence-corrected chi connectivity index (χ1v) is 6.24. The first-order chi connectivity index (χ1) is 8.13. The second-order valence-electron chi connectivity index (χ2n) is 4.28. The Kier molecular flexibility index (Phi) is 5.97. The molecule has 0 radical (unpaired) electrons. The minimum absolute atomic E-state index is 0.0706. The monoisotopic (exact) mass is 243 g/mol. The standard InChI is InChI=1S/C12H21NO4/c1-2-17-10-6-8-13(9-7-10)11(14)4-3-5-12(15)16/h10H,2-9H2,1H3,(H,15,16). The maximum absolute atomic E-state index is 11.7. The van der Waals surface area contributed by atoms with Crippen molar-refractivity contribution in [2.24, 2.45) is 0 Å². The van der Waals surface area contributed by atoms with Gasteiger partial charge in [-0.05, 0) is 26.2 Å². The molecule has 0 saturated carbocycles. The van der Waals surface area contributed by atoms with Crippen molar-refractivity contribution >= 4 is 11.9 Å². The van der Waals surface area contributed by atoms with Gasteiger partial charge in [-0.15, -0.1) is 0 Å². The van der Waals surface area contributed by atoms with E-state index in [1.54, 1.807) is 0 Å². The van der Waals surface area contributed by atoms with Crippen LogP contribution in [0.2, 0.25) is 0 Å². The van der Waals surface area contributed by atoms with Crippen LogP contribution in [0.1, 0.15) is 39.0 Å². The van der Waals surface area contributed by atoms with E-state index in [2.05, 4.69) is 0 Å². The minimum Gasteiger partial charge on any atom is -0.481 e. The lowest BCUT2D eigenvalue weighted by molar-refractivity contribution is -0.137. The van der Waals surface area contributed by atoms with Gasteiger partial charge >= 0.3 is 5.97 Å². The third-order valence-electron chi connectivity index (χ3n) is 2.98. The molecule has 1 rings (SSSR count). The summed E-state index contributed by atoms with van der Waals surface area (Å²) in [5, 5.41) is 8.49. The number of ether oxygens (including phenoxy) is 1. The highest BCUT2D eigenvalue weighted by Gasteiger charge is 2.22. The van der Waals surface area contributed by atoms with Gasteiger partial charge in [0.25, 0.3) is 0 Å². The molecule has 1 aliphatic heterocycles. The van der Waals surface area contributed by atoms with Crippen LogP contribution in [0, 0.1) is 0 Å². The molecule has 0 aromatic rings. The van der Waals surface area contributed by atoms with Crippen LogP contribution < -0.4 is 0 Å². The van der Waals surface area contributed by atoms with Crippen molar-refractivity contribution in [1.82, 2.24) is 4.90 Å². The average Bonchev–Trinajstić information content (AvgIpc) is 2.30. The van der Waals surface area contributed by atoms with Crippen LogP contribution in [0.5, 0.6) is 0 Å². The summed E-state index contributed by atoms with van der Waals surface area (Å²) in [7, 11) is 0. The molecule has 1 amide bonds. The maximum atomic E-state index is 11.7. The second kappa shape index (κ2) is 7.27. The van der Waals surface area contributed by atoms with Gasteiger partial charge in [-0.25, -0.2) is 0 Å². The van der Waals surface area contributed by atoms with E-state index in [9.17, 15) is 9.59 Å². The Morgan fingerprint density at radius 1 is 1.29 bits per heavy atom. The van der Waals surface area contributed by atoms with E-state index in [1.807, 2.05) is 11.8 Å². The Bertz CT molecular complexity index is 259. The third kappa shape index (κ3) is 5.17. The highest BCUT2D eigenvalue weighted by atomic mass is 16.5. The van der Waals surface area contributed by atoms with Crippen molar-refractivity contribution in [3.05, 3.63) is 0 Å². The van der Waals surface area contributed by atoms with Crippen molar-refractivity contribution < 1.29 is 19.4 Å². The molecule has 1 fully saturated rings. The number of hydrogen-bond acceptors (Lipinski definition) is 3. The maximum Gasteiger partial charge on any atom is 0.303 e. The Hall–Kier alpha value is -1.10. The van der Waals surface area contributed by atoms with Crippen LogP contribution in [0.25, 0.3) is 0 Å². The number of piperidine rings is 1. The molecular weight excluding hydrogens is 222 g/mol. The number of hydrogen-bond donors (Lipinski definition) is 1. The highest BCUT2D eigenvalue weighted by Crippen LogP contribution is 2.15. The molecule has 0 aromatic heterocycles. The second-order valence-corrected chi connectivity index (χ2v) is 4.28. The number of rotatable bonds is 6. The molecule has 1 aliphatic rings. The highest BCUT2D eigenvalue weighted by molar-refractivity contribution is 5.77. The predicted octanol–water partition coefficient (Wildman–Crippen LogP) is 1.27. The molecule has 0 bridgehead atoms. The number of carbonyl (C=O) groups excluding carboxylic acids is 1. The molecule has 1 N–H and O–H groups in total. The van der Waals surface area contributed by atoms with Gasteiger partial charge in [-0.3, -0.25) is 9.59 Å². The molecule has 0 aromatic carbocycles. The Labute approximate surface area is 102 Å². The third-order valence-corrected chi connectivity index (χ3v) is 2.98. The first-order valence-electron chi connectivity index (χ1n) is 6.24. The van der Waals surface area contributed by atoms with Crippen molar-refractivity contribution in [1.29, 1.82) is 0 Å². The van der Waals surface area contributed by atoms with Crippen LogP contribution in [-0.4, -0.2) is 47.7 Å². The van der Waals surface area contributed by atoms with E-state index in [-0.39, 0.29) is 18.4 Å². The predicted molar refractivity (Wildman–Crippen MR) is 62.7 cm³/mol. The number of amides is 1. The van der Waals surface area contributed by atoms with Gasteiger partial charge in [-0.1, -0.05) is 0 Å². The number of aliphatic carboxylic acids is 1. The largest absolute Gasteiger partial charge is 0.481 e. The van der Waals surface area contributed by atoms with Gasteiger partial charge in [-0.2, -0.15) is 0 Å². The normalized spacial score (nSPS) is 17.1. The van der Waals surface area contributed by atoms with Crippen molar-refractivity contribution in [2.45, 2.75) is 45.1 Å². The molecule has 1 saturated heterocycles. The smallest absolute Gasteiger partial charge is 0.303 e. The molecule has 0 spiro atoms. The lowest BCUT2D eigenvalue weighted by Gasteiger charge is -2.31. The summed E-state index contributed by atoms with van der Waals surface area (Å²) in [6, 6.07) is 0. The number of likely N-dealkylation sites (tertiary alicyclic amines) is 1. The van der Waals surface area contributed by atoms with Crippen LogP contribution in [0.3, 0.4) is 0 Å². The lowest BCUT2D eigenvalue weighted by Crippen LogP contribution is -2.40. The number of carboxylic acid groups (broad SMARTS) is 1. The average molecular weight is 243 g/mol. The first kappa shape index (κ1) is 14.0. The molecule has 5 nitrogen and oxygen atoms in total. The summed E-state index contributed by atoms with van der Waals surface area (Å²) < 4.78 is 5.51. The molecule has 1 heterocycles. The Morgan fingerprint density at radius 2 is 1.94 bits per heavy atom. The summed E-state index contributed by atoms with van der Waals surface area (Å²) in [6.07, 6.45) is 2.90. The van der Waals surface area contributed by atoms with E-state index in [4.69, 9.17) is 9.84 Å². The van der Waals surface area contributed by atoms with Gasteiger partial charge in [0.2, 0.25) is 5.91 Å². The summed E-state index contributed by atoms with van der Waals surface area (Å²) in [4.78, 5) is 23.9. The van der Waals surface area contributed by atoms with Crippen LogP contribution in [0.4, 0.5) is 0 Å². The van der Waals surface area contributed by atoms with Crippen LogP contribution >= 0.6 is 0 Å². The molecule has 0 aliphatic carbocycles. The fourth-order valence-electron chi connectivity index (χ4n) is 2.06. The van der Waals surface area contributed by atoms with E-state index < -0.39 is 5.97 Å². The summed E-state index contributed by atoms with van der Waals surface area (Å²) in [5.74, 6) is -0.769. The van der Waals surface area contributed by atoms with Crippen molar-refractivity contribution in [3.8, 4) is 0 Å². The van der Waals surface area contributed by atoms with Crippen LogP contribution in [-0.2, 0) is 14.3 Å². The zero-order chi connectivity index (χ0) is 12.7. The zero-order valence-corrected chi connectivity index (χ0v) is 10.4. The van der Waals surface area contributed by atoms with Gasteiger partial charge in [0.05, 0.1) is 6.10 Å². The zero-order valence-electron chi connectivity index (χ0n) is 10.4. The number of nitrogens with zero attached hydrogens (tertiary/aromatic N) is 1. The van der Waals surface area contributed by atoms with E-state index in [1.165, 1.54) is 0 Å². The minimum atomic E-state index is -0.840.